The summed E-state index contributed by atoms with van der Waals surface area (Å²) in [5.41, 5.74) is 1.98. The van der Waals surface area contributed by atoms with Crippen LogP contribution in [0.15, 0.2) is 40.9 Å². The third-order valence-electron chi connectivity index (χ3n) is 2.30. The Balaban J connectivity index is 2.36. The summed E-state index contributed by atoms with van der Waals surface area (Å²) in [7, 11) is 0. The third-order valence-corrected chi connectivity index (χ3v) is 3.77. The van der Waals surface area contributed by atoms with E-state index >= 15 is 0 Å². The molecule has 0 amide bonds. The van der Waals surface area contributed by atoms with Crippen molar-refractivity contribution >= 4 is 50.5 Å². The Morgan fingerprint density at radius 2 is 1.89 bits per heavy atom. The van der Waals surface area contributed by atoms with E-state index in [0.29, 0.717) is 21.3 Å². The van der Waals surface area contributed by atoms with Gasteiger partial charge in [-0.15, -0.1) is 0 Å². The van der Waals surface area contributed by atoms with Gasteiger partial charge in [0.2, 0.25) is 0 Å². The van der Waals surface area contributed by atoms with Crippen LogP contribution in [-0.2, 0) is 0 Å². The number of nitrogens with zero attached hydrogens (tertiary/aromatic N) is 1. The minimum Gasteiger partial charge on any atom is -0.354 e. The molecule has 0 unspecified atom stereocenters. The van der Waals surface area contributed by atoms with E-state index in [1.165, 1.54) is 0 Å². The molecule has 0 aliphatic rings. The first kappa shape index (κ1) is 13.2. The van der Waals surface area contributed by atoms with Gasteiger partial charge in [0.05, 0.1) is 16.3 Å². The normalized spacial score (nSPS) is 9.89. The van der Waals surface area contributed by atoms with Crippen LogP contribution in [0.1, 0.15) is 5.56 Å². The summed E-state index contributed by atoms with van der Waals surface area (Å²) in [6, 6.07) is 12.6. The van der Waals surface area contributed by atoms with Gasteiger partial charge in [-0.1, -0.05) is 23.2 Å². The van der Waals surface area contributed by atoms with Gasteiger partial charge in [0.25, 0.3) is 0 Å². The van der Waals surface area contributed by atoms with Crippen molar-refractivity contribution in [3.05, 3.63) is 56.5 Å². The molecule has 0 saturated heterocycles. The molecule has 0 bridgehead atoms. The summed E-state index contributed by atoms with van der Waals surface area (Å²) in [5.74, 6) is 0. The molecule has 90 valence electrons. The molecule has 0 aliphatic carbocycles. The van der Waals surface area contributed by atoms with E-state index in [2.05, 4.69) is 27.3 Å². The van der Waals surface area contributed by atoms with Crippen LogP contribution in [0.25, 0.3) is 0 Å². The van der Waals surface area contributed by atoms with E-state index in [0.717, 1.165) is 10.2 Å². The van der Waals surface area contributed by atoms with Crippen LogP contribution in [0.4, 0.5) is 11.4 Å². The highest BCUT2D eigenvalue weighted by molar-refractivity contribution is 9.10. The first-order valence-electron chi connectivity index (χ1n) is 5.02. The second-order valence-corrected chi connectivity index (χ2v) is 5.25. The predicted molar refractivity (Wildman–Crippen MR) is 78.6 cm³/mol. The fourth-order valence-electron chi connectivity index (χ4n) is 1.45. The highest BCUT2D eigenvalue weighted by Gasteiger charge is 2.05. The average molecular weight is 342 g/mol. The molecule has 0 radical (unpaired) electrons. The smallest absolute Gasteiger partial charge is 0.101 e. The van der Waals surface area contributed by atoms with Gasteiger partial charge in [-0.3, -0.25) is 0 Å². The molecule has 2 nitrogen and oxygen atoms in total. The van der Waals surface area contributed by atoms with Crippen LogP contribution < -0.4 is 5.32 Å². The van der Waals surface area contributed by atoms with Gasteiger partial charge in [0.15, 0.2) is 0 Å². The van der Waals surface area contributed by atoms with Crippen molar-refractivity contribution in [3.8, 4) is 6.07 Å². The molecule has 2 rings (SSSR count). The molecular weight excluding hydrogens is 335 g/mol. The Kier molecular flexibility index (Phi) is 4.13. The van der Waals surface area contributed by atoms with E-state index in [1.54, 1.807) is 24.3 Å². The molecule has 0 aromatic heterocycles. The van der Waals surface area contributed by atoms with Gasteiger partial charge in [-0.2, -0.15) is 5.26 Å². The molecule has 0 spiro atoms. The number of nitriles is 1. The zero-order chi connectivity index (χ0) is 13.1. The molecule has 1 N–H and O–H groups in total. The van der Waals surface area contributed by atoms with Crippen LogP contribution in [0.3, 0.4) is 0 Å². The van der Waals surface area contributed by atoms with Crippen LogP contribution in [-0.4, -0.2) is 0 Å². The molecular formula is C13H7BrCl2N2. The van der Waals surface area contributed by atoms with Crippen LogP contribution in [0.2, 0.25) is 10.0 Å². The summed E-state index contributed by atoms with van der Waals surface area (Å²) < 4.78 is 0.821. The summed E-state index contributed by atoms with van der Waals surface area (Å²) in [6.07, 6.45) is 0. The molecule has 2 aromatic carbocycles. The number of rotatable bonds is 2. The quantitative estimate of drug-likeness (QED) is 0.796. The molecule has 0 aliphatic heterocycles. The second-order valence-electron chi connectivity index (χ2n) is 3.56. The van der Waals surface area contributed by atoms with Gasteiger partial charge >= 0.3 is 0 Å². The first-order valence-corrected chi connectivity index (χ1v) is 6.57. The lowest BCUT2D eigenvalue weighted by Crippen LogP contribution is -1.93. The summed E-state index contributed by atoms with van der Waals surface area (Å²) >= 11 is 15.2. The Morgan fingerprint density at radius 1 is 1.11 bits per heavy atom. The summed E-state index contributed by atoms with van der Waals surface area (Å²) in [5, 5.41) is 13.3. The Labute approximate surface area is 123 Å². The SMILES string of the molecule is N#Cc1ccc(Cl)cc1Nc1ccc(Br)c(Cl)c1. The Bertz CT molecular complexity index is 635. The highest BCUT2D eigenvalue weighted by atomic mass is 79.9. The van der Waals surface area contributed by atoms with Crippen molar-refractivity contribution in [1.82, 2.24) is 0 Å². The van der Waals surface area contributed by atoms with E-state index in [-0.39, 0.29) is 0 Å². The lowest BCUT2D eigenvalue weighted by Gasteiger charge is -2.09. The molecule has 2 aromatic rings. The zero-order valence-corrected chi connectivity index (χ0v) is 12.1. The summed E-state index contributed by atoms with van der Waals surface area (Å²) in [6.45, 7) is 0. The second kappa shape index (κ2) is 5.62. The lowest BCUT2D eigenvalue weighted by molar-refractivity contribution is 1.46. The van der Waals surface area contributed by atoms with Crippen molar-refractivity contribution < 1.29 is 0 Å². The van der Waals surface area contributed by atoms with Crippen molar-refractivity contribution in [2.24, 2.45) is 0 Å². The van der Waals surface area contributed by atoms with Crippen LogP contribution in [0, 0.1) is 11.3 Å². The molecule has 5 heteroatoms. The molecule has 0 saturated carbocycles. The fourth-order valence-corrected chi connectivity index (χ4v) is 2.05. The van der Waals surface area contributed by atoms with Gasteiger partial charge in [-0.05, 0) is 52.3 Å². The average Bonchev–Trinajstić information content (AvgIpc) is 2.34. The topological polar surface area (TPSA) is 35.8 Å². The number of anilines is 2. The molecule has 0 fully saturated rings. The van der Waals surface area contributed by atoms with E-state index in [9.17, 15) is 0 Å². The summed E-state index contributed by atoms with van der Waals surface area (Å²) in [4.78, 5) is 0. The van der Waals surface area contributed by atoms with Crippen LogP contribution >= 0.6 is 39.1 Å². The fraction of sp³-hybridized carbons (Fsp3) is 0. The van der Waals surface area contributed by atoms with Crippen LogP contribution in [0.5, 0.6) is 0 Å². The van der Waals surface area contributed by atoms with E-state index < -0.39 is 0 Å². The van der Waals surface area contributed by atoms with Crippen molar-refractivity contribution in [3.63, 3.8) is 0 Å². The minimum atomic E-state index is 0.526. The standard InChI is InChI=1S/C13H7BrCl2N2/c14-11-4-3-10(6-12(11)16)18-13-5-9(15)2-1-8(13)7-17/h1-6,18H. The Morgan fingerprint density at radius 3 is 2.56 bits per heavy atom. The monoisotopic (exact) mass is 340 g/mol. The first-order chi connectivity index (χ1) is 8.60. The highest BCUT2D eigenvalue weighted by Crippen LogP contribution is 2.29. The third kappa shape index (κ3) is 2.97. The predicted octanol–water partition coefficient (Wildman–Crippen LogP) is 5.37. The maximum Gasteiger partial charge on any atom is 0.101 e. The minimum absolute atomic E-state index is 0.526. The van der Waals surface area contributed by atoms with Crippen molar-refractivity contribution in [1.29, 1.82) is 5.26 Å². The Hall–Kier alpha value is -1.21. The molecule has 0 atom stereocenters. The maximum atomic E-state index is 9.02. The lowest BCUT2D eigenvalue weighted by atomic mass is 10.2. The number of hydrogen-bond donors (Lipinski definition) is 1. The number of benzene rings is 2. The largest absolute Gasteiger partial charge is 0.354 e. The molecule has 0 heterocycles. The number of halogens is 3. The van der Waals surface area contributed by atoms with E-state index in [4.69, 9.17) is 28.5 Å². The van der Waals surface area contributed by atoms with Crippen molar-refractivity contribution in [2.45, 2.75) is 0 Å². The number of nitrogens with one attached hydrogen (secondary N) is 1. The number of hydrogen-bond acceptors (Lipinski definition) is 2. The van der Waals surface area contributed by atoms with Gasteiger partial charge in [0, 0.05) is 15.2 Å². The zero-order valence-electron chi connectivity index (χ0n) is 9.05. The van der Waals surface area contributed by atoms with Gasteiger partial charge < -0.3 is 5.32 Å². The molecule has 18 heavy (non-hydrogen) atoms. The van der Waals surface area contributed by atoms with Gasteiger partial charge in [0.1, 0.15) is 6.07 Å². The van der Waals surface area contributed by atoms with E-state index in [1.807, 2.05) is 12.1 Å². The maximum absolute atomic E-state index is 9.02. The van der Waals surface area contributed by atoms with Gasteiger partial charge in [-0.25, -0.2) is 0 Å². The van der Waals surface area contributed by atoms with Crippen molar-refractivity contribution in [2.75, 3.05) is 5.32 Å².